The van der Waals surface area contributed by atoms with E-state index in [2.05, 4.69) is 26.1 Å². The molecule has 0 radical (unpaired) electrons. The molecule has 0 aliphatic carbocycles. The van der Waals surface area contributed by atoms with Crippen molar-refractivity contribution in [2.75, 3.05) is 13.7 Å². The van der Waals surface area contributed by atoms with Crippen molar-refractivity contribution in [3.05, 3.63) is 29.3 Å². The second-order valence-electron chi connectivity index (χ2n) is 4.97. The number of likely N-dealkylation sites (N-methyl/N-ethyl adjacent to an activating group) is 1. The van der Waals surface area contributed by atoms with Crippen LogP contribution >= 0.6 is 11.6 Å². The van der Waals surface area contributed by atoms with Gasteiger partial charge < -0.3 is 10.1 Å². The number of rotatable bonds is 4. The summed E-state index contributed by atoms with van der Waals surface area (Å²) >= 11 is 5.81. The van der Waals surface area contributed by atoms with E-state index in [-0.39, 0.29) is 5.41 Å². The molecule has 90 valence electrons. The molecule has 0 aliphatic heterocycles. The van der Waals surface area contributed by atoms with Crippen LogP contribution in [0.25, 0.3) is 0 Å². The van der Waals surface area contributed by atoms with Gasteiger partial charge in [0.2, 0.25) is 0 Å². The van der Waals surface area contributed by atoms with Crippen LogP contribution in [0.4, 0.5) is 0 Å². The fourth-order valence-electron chi connectivity index (χ4n) is 1.48. The lowest BCUT2D eigenvalue weighted by Crippen LogP contribution is -2.42. The standard InChI is InChI=1S/C13H20ClNO/c1-13(2,3)12(15-4)9-16-11-7-5-10(14)6-8-11/h5-8,12,15H,9H2,1-4H3. The molecule has 1 atom stereocenters. The third kappa shape index (κ3) is 4.03. The SMILES string of the molecule is CNC(COc1ccc(Cl)cc1)C(C)(C)C. The predicted molar refractivity (Wildman–Crippen MR) is 69.2 cm³/mol. The predicted octanol–water partition coefficient (Wildman–Crippen LogP) is 3.35. The Morgan fingerprint density at radius 2 is 1.81 bits per heavy atom. The first-order chi connectivity index (χ1) is 7.43. The van der Waals surface area contributed by atoms with Crippen molar-refractivity contribution >= 4 is 11.6 Å². The van der Waals surface area contributed by atoms with E-state index in [1.807, 2.05) is 31.3 Å². The normalized spacial score (nSPS) is 13.6. The monoisotopic (exact) mass is 241 g/mol. The van der Waals surface area contributed by atoms with E-state index in [0.717, 1.165) is 10.8 Å². The van der Waals surface area contributed by atoms with Crippen molar-refractivity contribution in [1.29, 1.82) is 0 Å². The fourth-order valence-corrected chi connectivity index (χ4v) is 1.60. The van der Waals surface area contributed by atoms with E-state index < -0.39 is 0 Å². The molecule has 0 spiro atoms. The molecule has 1 unspecified atom stereocenters. The summed E-state index contributed by atoms with van der Waals surface area (Å²) < 4.78 is 5.72. The van der Waals surface area contributed by atoms with E-state index in [1.165, 1.54) is 0 Å². The largest absolute Gasteiger partial charge is 0.492 e. The maximum atomic E-state index is 5.81. The second kappa shape index (κ2) is 5.55. The van der Waals surface area contributed by atoms with Gasteiger partial charge in [0, 0.05) is 11.1 Å². The third-order valence-electron chi connectivity index (χ3n) is 2.62. The van der Waals surface area contributed by atoms with Crippen LogP contribution in [0.3, 0.4) is 0 Å². The van der Waals surface area contributed by atoms with Gasteiger partial charge in [-0.15, -0.1) is 0 Å². The van der Waals surface area contributed by atoms with E-state index in [9.17, 15) is 0 Å². The molecule has 0 saturated heterocycles. The van der Waals surface area contributed by atoms with Crippen molar-refractivity contribution in [3.8, 4) is 5.75 Å². The molecular weight excluding hydrogens is 222 g/mol. The lowest BCUT2D eigenvalue weighted by atomic mass is 9.87. The van der Waals surface area contributed by atoms with Crippen molar-refractivity contribution < 1.29 is 4.74 Å². The van der Waals surface area contributed by atoms with Crippen molar-refractivity contribution in [1.82, 2.24) is 5.32 Å². The summed E-state index contributed by atoms with van der Waals surface area (Å²) in [6, 6.07) is 7.77. The van der Waals surface area contributed by atoms with Gasteiger partial charge in [-0.3, -0.25) is 0 Å². The highest BCUT2D eigenvalue weighted by molar-refractivity contribution is 6.30. The summed E-state index contributed by atoms with van der Waals surface area (Å²) in [5.41, 5.74) is 0.182. The summed E-state index contributed by atoms with van der Waals surface area (Å²) in [6.07, 6.45) is 0. The Morgan fingerprint density at radius 1 is 1.25 bits per heavy atom. The number of ether oxygens (including phenoxy) is 1. The average molecular weight is 242 g/mol. The first-order valence-electron chi connectivity index (χ1n) is 5.49. The lowest BCUT2D eigenvalue weighted by molar-refractivity contribution is 0.181. The smallest absolute Gasteiger partial charge is 0.119 e. The Labute approximate surface area is 103 Å². The number of hydrogen-bond donors (Lipinski definition) is 1. The zero-order chi connectivity index (χ0) is 12.2. The number of nitrogens with one attached hydrogen (secondary N) is 1. The quantitative estimate of drug-likeness (QED) is 0.873. The molecule has 1 aromatic carbocycles. The minimum absolute atomic E-state index is 0.182. The highest BCUT2D eigenvalue weighted by Gasteiger charge is 2.23. The highest BCUT2D eigenvalue weighted by atomic mass is 35.5. The van der Waals surface area contributed by atoms with Gasteiger partial charge in [-0.2, -0.15) is 0 Å². The van der Waals surface area contributed by atoms with Gasteiger partial charge in [0.25, 0.3) is 0 Å². The fraction of sp³-hybridized carbons (Fsp3) is 0.538. The molecule has 1 aromatic rings. The third-order valence-corrected chi connectivity index (χ3v) is 2.88. The first-order valence-corrected chi connectivity index (χ1v) is 5.87. The maximum Gasteiger partial charge on any atom is 0.119 e. The molecule has 16 heavy (non-hydrogen) atoms. The molecule has 0 fully saturated rings. The minimum Gasteiger partial charge on any atom is -0.492 e. The minimum atomic E-state index is 0.182. The van der Waals surface area contributed by atoms with E-state index >= 15 is 0 Å². The number of hydrogen-bond acceptors (Lipinski definition) is 2. The van der Waals surface area contributed by atoms with Gasteiger partial charge in [0.1, 0.15) is 12.4 Å². The summed E-state index contributed by atoms with van der Waals surface area (Å²) in [6.45, 7) is 7.24. The number of halogens is 1. The Bertz CT molecular complexity index is 316. The van der Waals surface area contributed by atoms with Gasteiger partial charge in [-0.25, -0.2) is 0 Å². The maximum absolute atomic E-state index is 5.81. The van der Waals surface area contributed by atoms with Crippen LogP contribution in [-0.4, -0.2) is 19.7 Å². The first kappa shape index (κ1) is 13.3. The molecule has 1 N–H and O–H groups in total. The molecule has 0 aliphatic rings. The van der Waals surface area contributed by atoms with Crippen LogP contribution in [0.5, 0.6) is 5.75 Å². The van der Waals surface area contributed by atoms with Gasteiger partial charge >= 0.3 is 0 Å². The van der Waals surface area contributed by atoms with E-state index in [1.54, 1.807) is 0 Å². The number of benzene rings is 1. The van der Waals surface area contributed by atoms with E-state index in [0.29, 0.717) is 12.6 Å². The molecule has 0 bridgehead atoms. The van der Waals surface area contributed by atoms with Gasteiger partial charge in [-0.05, 0) is 36.7 Å². The van der Waals surface area contributed by atoms with Crippen LogP contribution in [0, 0.1) is 5.41 Å². The van der Waals surface area contributed by atoms with Gasteiger partial charge in [0.05, 0.1) is 0 Å². The molecule has 0 aromatic heterocycles. The summed E-state index contributed by atoms with van der Waals surface area (Å²) in [7, 11) is 1.96. The van der Waals surface area contributed by atoms with Crippen molar-refractivity contribution in [2.45, 2.75) is 26.8 Å². The molecule has 2 nitrogen and oxygen atoms in total. The zero-order valence-corrected chi connectivity index (χ0v) is 11.1. The van der Waals surface area contributed by atoms with Crippen molar-refractivity contribution in [2.24, 2.45) is 5.41 Å². The van der Waals surface area contributed by atoms with Crippen LogP contribution in [0.15, 0.2) is 24.3 Å². The lowest BCUT2D eigenvalue weighted by Gasteiger charge is -2.30. The van der Waals surface area contributed by atoms with Crippen LogP contribution in [0.1, 0.15) is 20.8 Å². The van der Waals surface area contributed by atoms with Crippen LogP contribution in [-0.2, 0) is 0 Å². The summed E-state index contributed by atoms with van der Waals surface area (Å²) in [5.74, 6) is 0.855. The molecule has 1 rings (SSSR count). The van der Waals surface area contributed by atoms with Gasteiger partial charge in [-0.1, -0.05) is 32.4 Å². The Hall–Kier alpha value is -0.730. The Morgan fingerprint density at radius 3 is 2.25 bits per heavy atom. The average Bonchev–Trinajstić information content (AvgIpc) is 2.19. The Kier molecular flexibility index (Phi) is 4.63. The summed E-state index contributed by atoms with van der Waals surface area (Å²) in [5, 5.41) is 4.00. The molecule has 0 saturated carbocycles. The van der Waals surface area contributed by atoms with Crippen molar-refractivity contribution in [3.63, 3.8) is 0 Å². The topological polar surface area (TPSA) is 21.3 Å². The Balaban J connectivity index is 2.53. The van der Waals surface area contributed by atoms with Crippen LogP contribution < -0.4 is 10.1 Å². The molecule has 3 heteroatoms. The molecule has 0 heterocycles. The van der Waals surface area contributed by atoms with Crippen LogP contribution in [0.2, 0.25) is 5.02 Å². The highest BCUT2D eigenvalue weighted by Crippen LogP contribution is 2.21. The van der Waals surface area contributed by atoms with E-state index in [4.69, 9.17) is 16.3 Å². The zero-order valence-electron chi connectivity index (χ0n) is 10.4. The second-order valence-corrected chi connectivity index (χ2v) is 5.41. The molecule has 0 amide bonds. The summed E-state index contributed by atoms with van der Waals surface area (Å²) in [4.78, 5) is 0. The molecular formula is C13H20ClNO. The van der Waals surface area contributed by atoms with Gasteiger partial charge in [0.15, 0.2) is 0 Å².